The van der Waals surface area contributed by atoms with E-state index in [0.717, 1.165) is 22.0 Å². The fourth-order valence-electron chi connectivity index (χ4n) is 4.72. The van der Waals surface area contributed by atoms with Crippen molar-refractivity contribution < 1.29 is 29.2 Å². The van der Waals surface area contributed by atoms with Gasteiger partial charge in [0, 0.05) is 29.2 Å². The van der Waals surface area contributed by atoms with Crippen LogP contribution in [0.25, 0.3) is 22.3 Å². The first-order chi connectivity index (χ1) is 17.0. The molecule has 5 rings (SSSR count). The summed E-state index contributed by atoms with van der Waals surface area (Å²) in [6, 6.07) is 9.29. The molecule has 2 aromatic heterocycles. The molecule has 182 valence electrons. The minimum Gasteiger partial charge on any atom is -0.394 e. The van der Waals surface area contributed by atoms with Crippen LogP contribution >= 0.6 is 0 Å². The molecule has 2 N–H and O–H groups in total. The zero-order chi connectivity index (χ0) is 24.5. The van der Waals surface area contributed by atoms with Crippen LogP contribution in [-0.4, -0.2) is 52.2 Å². The van der Waals surface area contributed by atoms with E-state index in [1.54, 1.807) is 10.6 Å². The third-order valence-electron chi connectivity index (χ3n) is 6.46. The maximum Gasteiger partial charge on any atom is 0.257 e. The van der Waals surface area contributed by atoms with Crippen molar-refractivity contribution in [3.63, 3.8) is 0 Å². The molecule has 0 spiro atoms. The molecule has 3 atom stereocenters. The normalized spacial score (nSPS) is 19.5. The summed E-state index contributed by atoms with van der Waals surface area (Å²) in [7, 11) is 1.45. The van der Waals surface area contributed by atoms with Crippen molar-refractivity contribution in [1.29, 1.82) is 0 Å². The molecule has 3 aromatic rings. The lowest BCUT2D eigenvalue weighted by molar-refractivity contribution is -0.162. The van der Waals surface area contributed by atoms with Crippen molar-refractivity contribution in [2.45, 2.75) is 44.7 Å². The minimum absolute atomic E-state index is 0.0293. The van der Waals surface area contributed by atoms with Gasteiger partial charge in [0.25, 0.3) is 5.56 Å². The van der Waals surface area contributed by atoms with Crippen molar-refractivity contribution in [3.8, 4) is 11.4 Å². The fraction of sp³-hybridized carbons (Fsp3) is 0.346. The number of nitrogens with zero attached hydrogens (tertiary/aromatic N) is 2. The zero-order valence-electron chi connectivity index (χ0n) is 19.2. The first kappa shape index (κ1) is 23.5. The van der Waals surface area contributed by atoms with Crippen LogP contribution < -0.4 is 5.56 Å². The number of pyridine rings is 2. The van der Waals surface area contributed by atoms with Crippen LogP contribution in [0, 0.1) is 0 Å². The van der Waals surface area contributed by atoms with E-state index >= 15 is 0 Å². The van der Waals surface area contributed by atoms with Gasteiger partial charge in [-0.05, 0) is 30.2 Å². The van der Waals surface area contributed by atoms with Crippen molar-refractivity contribution in [3.05, 3.63) is 75.1 Å². The Hall–Kier alpha value is -3.21. The van der Waals surface area contributed by atoms with Crippen LogP contribution in [0.15, 0.2) is 47.3 Å². The van der Waals surface area contributed by atoms with Crippen LogP contribution in [0.2, 0.25) is 0 Å². The Kier molecular flexibility index (Phi) is 6.59. The number of carbonyl (C=O) groups excluding carboxylic acids is 1. The van der Waals surface area contributed by atoms with E-state index in [0.29, 0.717) is 24.1 Å². The lowest BCUT2D eigenvalue weighted by Crippen LogP contribution is -2.28. The van der Waals surface area contributed by atoms with Crippen LogP contribution in [-0.2, 0) is 38.8 Å². The van der Waals surface area contributed by atoms with Gasteiger partial charge in [-0.15, -0.1) is 0 Å². The average Bonchev–Trinajstić information content (AvgIpc) is 3.26. The van der Waals surface area contributed by atoms with Crippen LogP contribution in [0.4, 0.5) is 0 Å². The maximum absolute atomic E-state index is 13.4. The zero-order valence-corrected chi connectivity index (χ0v) is 19.2. The lowest BCUT2D eigenvalue weighted by atomic mass is 10.00. The first-order valence-electron chi connectivity index (χ1n) is 11.4. The van der Waals surface area contributed by atoms with E-state index in [2.05, 4.69) is 0 Å². The molecule has 3 unspecified atom stereocenters. The van der Waals surface area contributed by atoms with E-state index in [9.17, 15) is 19.8 Å². The molecule has 1 aromatic carbocycles. The predicted molar refractivity (Wildman–Crippen MR) is 127 cm³/mol. The molecule has 9 heteroatoms. The van der Waals surface area contributed by atoms with Crippen molar-refractivity contribution in [2.24, 2.45) is 0 Å². The van der Waals surface area contributed by atoms with Gasteiger partial charge in [-0.1, -0.05) is 24.3 Å². The van der Waals surface area contributed by atoms with E-state index < -0.39 is 12.4 Å². The Bertz CT molecular complexity index is 1360. The van der Waals surface area contributed by atoms with Gasteiger partial charge >= 0.3 is 0 Å². The third-order valence-corrected chi connectivity index (χ3v) is 6.46. The van der Waals surface area contributed by atoms with Gasteiger partial charge < -0.3 is 33.8 Å². The Labute approximate surface area is 201 Å². The number of fused-ring (bicyclic) bond motifs is 4. The highest BCUT2D eigenvalue weighted by molar-refractivity contribution is 5.88. The fourth-order valence-corrected chi connectivity index (χ4v) is 4.72. The molecular weight excluding hydrogens is 452 g/mol. The van der Waals surface area contributed by atoms with Crippen molar-refractivity contribution >= 4 is 17.2 Å². The van der Waals surface area contributed by atoms with Gasteiger partial charge in [0.05, 0.1) is 49.4 Å². The summed E-state index contributed by atoms with van der Waals surface area (Å²) in [4.78, 5) is 29.6. The summed E-state index contributed by atoms with van der Waals surface area (Å²) in [5.74, 6) is 0. The number of benzene rings is 1. The number of aldehydes is 1. The molecule has 0 aliphatic carbocycles. The SMILES string of the molecule is COCc1c(C(O)C=O)cc2n(c1=O)Cc1c-2nc2ccccc2c1COC1C=CCC(CO)O1. The standard InChI is InChI=1S/C26H26N2O7/c1-33-13-20-17(23(31)12-30)9-22-25-18(10-28(22)26(20)32)19(16-6-2-3-7-21(16)27-25)14-34-24-8-4-5-15(11-29)35-24/h2-4,6-9,12,15,23-24,29,31H,5,10-11,13-14H2,1H3. The average molecular weight is 479 g/mol. The molecule has 0 saturated carbocycles. The van der Waals surface area contributed by atoms with E-state index in [-0.39, 0.29) is 49.2 Å². The largest absolute Gasteiger partial charge is 0.394 e. The molecule has 2 aliphatic heterocycles. The number of methoxy groups -OCH3 is 1. The molecule has 0 fully saturated rings. The smallest absolute Gasteiger partial charge is 0.257 e. The summed E-state index contributed by atoms with van der Waals surface area (Å²) < 4.78 is 18.6. The predicted octanol–water partition coefficient (Wildman–Crippen LogP) is 1.98. The summed E-state index contributed by atoms with van der Waals surface area (Å²) in [5, 5.41) is 20.6. The number of rotatable bonds is 8. The Morgan fingerprint density at radius 1 is 1.29 bits per heavy atom. The molecule has 4 heterocycles. The van der Waals surface area contributed by atoms with Gasteiger partial charge in [0.1, 0.15) is 6.10 Å². The van der Waals surface area contributed by atoms with E-state index in [1.807, 2.05) is 36.4 Å². The molecule has 9 nitrogen and oxygen atoms in total. The number of hydrogen-bond donors (Lipinski definition) is 2. The summed E-state index contributed by atoms with van der Waals surface area (Å²) in [6.07, 6.45) is 2.41. The lowest BCUT2D eigenvalue weighted by Gasteiger charge is -2.25. The number of aromatic nitrogens is 2. The van der Waals surface area contributed by atoms with Crippen LogP contribution in [0.3, 0.4) is 0 Å². The molecular formula is C26H26N2O7. The second-order valence-electron chi connectivity index (χ2n) is 8.59. The number of aliphatic hydroxyl groups is 2. The van der Waals surface area contributed by atoms with Crippen molar-refractivity contribution in [1.82, 2.24) is 9.55 Å². The highest BCUT2D eigenvalue weighted by Crippen LogP contribution is 2.37. The Morgan fingerprint density at radius 2 is 2.11 bits per heavy atom. The molecule has 0 bridgehead atoms. The second-order valence-corrected chi connectivity index (χ2v) is 8.59. The Morgan fingerprint density at radius 3 is 2.89 bits per heavy atom. The van der Waals surface area contributed by atoms with Gasteiger partial charge in [0.15, 0.2) is 12.6 Å². The third kappa shape index (κ3) is 4.22. The molecule has 0 radical (unpaired) electrons. The number of carbonyl (C=O) groups is 1. The monoisotopic (exact) mass is 478 g/mol. The summed E-state index contributed by atoms with van der Waals surface area (Å²) in [5.41, 5.74) is 3.70. The molecule has 0 saturated heterocycles. The van der Waals surface area contributed by atoms with Gasteiger partial charge in [0.2, 0.25) is 0 Å². The van der Waals surface area contributed by atoms with E-state index in [4.69, 9.17) is 19.2 Å². The second kappa shape index (κ2) is 9.80. The molecule has 35 heavy (non-hydrogen) atoms. The highest BCUT2D eigenvalue weighted by Gasteiger charge is 2.30. The number of ether oxygens (including phenoxy) is 3. The molecule has 2 aliphatic rings. The Balaban J connectivity index is 1.61. The number of para-hydroxylation sites is 1. The first-order valence-corrected chi connectivity index (χ1v) is 11.4. The maximum atomic E-state index is 13.4. The van der Waals surface area contributed by atoms with Crippen LogP contribution in [0.1, 0.15) is 34.8 Å². The quantitative estimate of drug-likeness (QED) is 0.291. The van der Waals surface area contributed by atoms with Crippen LogP contribution in [0.5, 0.6) is 0 Å². The van der Waals surface area contributed by atoms with Crippen molar-refractivity contribution in [2.75, 3.05) is 13.7 Å². The summed E-state index contributed by atoms with van der Waals surface area (Å²) in [6.45, 7) is 0.359. The topological polar surface area (TPSA) is 120 Å². The molecule has 0 amide bonds. The number of hydrogen-bond acceptors (Lipinski definition) is 8. The van der Waals surface area contributed by atoms with E-state index in [1.165, 1.54) is 7.11 Å². The van der Waals surface area contributed by atoms with Gasteiger partial charge in [-0.25, -0.2) is 4.98 Å². The summed E-state index contributed by atoms with van der Waals surface area (Å²) >= 11 is 0. The van der Waals surface area contributed by atoms with Gasteiger partial charge in [-0.2, -0.15) is 0 Å². The minimum atomic E-state index is -1.44. The number of aliphatic hydroxyl groups excluding tert-OH is 2. The van der Waals surface area contributed by atoms with Gasteiger partial charge in [-0.3, -0.25) is 4.79 Å². The highest BCUT2D eigenvalue weighted by atomic mass is 16.7.